The Balaban J connectivity index is 1.50. The van der Waals surface area contributed by atoms with E-state index >= 15 is 0 Å². The minimum atomic E-state index is -0.0161. The van der Waals surface area contributed by atoms with E-state index < -0.39 is 0 Å². The van der Waals surface area contributed by atoms with Crippen molar-refractivity contribution in [1.29, 1.82) is 0 Å². The van der Waals surface area contributed by atoms with Crippen molar-refractivity contribution >= 4 is 11.8 Å². The molecule has 1 aliphatic heterocycles. The number of hydrogen-bond acceptors (Lipinski definition) is 6. The summed E-state index contributed by atoms with van der Waals surface area (Å²) in [5, 5.41) is 0.696. The third-order valence-corrected chi connectivity index (χ3v) is 5.72. The topological polar surface area (TPSA) is 71.1 Å². The molecule has 6 nitrogen and oxygen atoms in total. The number of nitrogens with zero attached hydrogens (tertiary/aromatic N) is 3. The molecule has 0 unspecified atom stereocenters. The highest BCUT2D eigenvalue weighted by atomic mass is 32.2. The second-order valence-electron chi connectivity index (χ2n) is 6.95. The molecule has 3 heterocycles. The van der Waals surface area contributed by atoms with Crippen molar-refractivity contribution in [3.05, 3.63) is 45.5 Å². The summed E-state index contributed by atoms with van der Waals surface area (Å²) in [7, 11) is 0. The van der Waals surface area contributed by atoms with Crippen molar-refractivity contribution in [2.45, 2.75) is 56.5 Å². The van der Waals surface area contributed by atoms with Gasteiger partial charge in [-0.05, 0) is 38.0 Å². The number of thioether (sulfide) groups is 1. The third kappa shape index (κ3) is 3.78. The van der Waals surface area contributed by atoms with Crippen LogP contribution in [0.15, 0.2) is 28.3 Å². The van der Waals surface area contributed by atoms with Gasteiger partial charge in [-0.2, -0.15) is 0 Å². The molecule has 0 spiro atoms. The van der Waals surface area contributed by atoms with Crippen LogP contribution in [-0.2, 0) is 19.5 Å². The molecule has 1 N–H and O–H groups in total. The highest BCUT2D eigenvalue weighted by Gasteiger charge is 2.23. The Kier molecular flexibility index (Phi) is 5.26. The zero-order chi connectivity index (χ0) is 17.9. The second kappa shape index (κ2) is 7.80. The standard InChI is InChI=1S/C19H24N4O2S/c1-26-19-21-16-8-10-23(12-15(16)17(24)22-19)11-13-5-4-9-20-18(13)25-14-6-2-3-7-14/h4-5,9,14H,2-3,6-8,10-12H2,1H3,(H,21,22,24). The van der Waals surface area contributed by atoms with Crippen molar-refractivity contribution in [3.63, 3.8) is 0 Å². The highest BCUT2D eigenvalue weighted by molar-refractivity contribution is 7.98. The van der Waals surface area contributed by atoms with Gasteiger partial charge in [0.1, 0.15) is 6.10 Å². The lowest BCUT2D eigenvalue weighted by Gasteiger charge is -2.28. The molecule has 1 saturated carbocycles. The van der Waals surface area contributed by atoms with Crippen LogP contribution in [0, 0.1) is 0 Å². The van der Waals surface area contributed by atoms with E-state index in [-0.39, 0.29) is 5.56 Å². The number of fused-ring (bicyclic) bond motifs is 1. The van der Waals surface area contributed by atoms with Gasteiger partial charge in [-0.1, -0.05) is 17.8 Å². The number of pyridine rings is 1. The Morgan fingerprint density at radius 2 is 2.23 bits per heavy atom. The molecule has 0 aromatic carbocycles. The molecular weight excluding hydrogens is 348 g/mol. The smallest absolute Gasteiger partial charge is 0.256 e. The van der Waals surface area contributed by atoms with Gasteiger partial charge in [0.05, 0.1) is 11.3 Å². The lowest BCUT2D eigenvalue weighted by atomic mass is 10.1. The van der Waals surface area contributed by atoms with Gasteiger partial charge in [0.25, 0.3) is 5.56 Å². The molecule has 0 amide bonds. The number of nitrogens with one attached hydrogen (secondary N) is 1. The molecular formula is C19H24N4O2S. The van der Waals surface area contributed by atoms with E-state index in [9.17, 15) is 4.79 Å². The molecule has 0 radical (unpaired) electrons. The molecule has 0 atom stereocenters. The molecule has 2 aliphatic rings. The first-order chi connectivity index (χ1) is 12.7. The van der Waals surface area contributed by atoms with Crippen molar-refractivity contribution in [1.82, 2.24) is 19.9 Å². The van der Waals surface area contributed by atoms with Gasteiger partial charge >= 0.3 is 0 Å². The number of rotatable bonds is 5. The lowest BCUT2D eigenvalue weighted by Crippen LogP contribution is -2.35. The van der Waals surface area contributed by atoms with E-state index in [1.807, 2.05) is 12.3 Å². The van der Waals surface area contributed by atoms with Crippen molar-refractivity contribution in [3.8, 4) is 5.88 Å². The van der Waals surface area contributed by atoms with Gasteiger partial charge < -0.3 is 9.72 Å². The lowest BCUT2D eigenvalue weighted by molar-refractivity contribution is 0.189. The van der Waals surface area contributed by atoms with Crippen molar-refractivity contribution in [2.75, 3.05) is 12.8 Å². The normalized spacial score (nSPS) is 18.0. The van der Waals surface area contributed by atoms with Gasteiger partial charge in [-0.25, -0.2) is 9.97 Å². The van der Waals surface area contributed by atoms with Crippen LogP contribution in [0.2, 0.25) is 0 Å². The molecule has 26 heavy (non-hydrogen) atoms. The van der Waals surface area contributed by atoms with Gasteiger partial charge in [0.2, 0.25) is 5.88 Å². The Bertz CT molecular complexity index is 833. The van der Waals surface area contributed by atoms with E-state index in [1.54, 1.807) is 6.20 Å². The van der Waals surface area contributed by atoms with E-state index in [1.165, 1.54) is 24.6 Å². The number of ether oxygens (including phenoxy) is 1. The first-order valence-electron chi connectivity index (χ1n) is 9.22. The molecule has 7 heteroatoms. The van der Waals surface area contributed by atoms with Crippen LogP contribution in [0.1, 0.15) is 42.5 Å². The predicted octanol–water partition coefficient (Wildman–Crippen LogP) is 2.77. The minimum Gasteiger partial charge on any atom is -0.474 e. The maximum Gasteiger partial charge on any atom is 0.256 e. The summed E-state index contributed by atoms with van der Waals surface area (Å²) in [6.45, 7) is 2.23. The summed E-state index contributed by atoms with van der Waals surface area (Å²) in [6, 6.07) is 4.03. The maximum absolute atomic E-state index is 12.4. The van der Waals surface area contributed by atoms with Gasteiger partial charge in [0.15, 0.2) is 5.16 Å². The largest absolute Gasteiger partial charge is 0.474 e. The van der Waals surface area contributed by atoms with E-state index in [4.69, 9.17) is 4.74 Å². The summed E-state index contributed by atoms with van der Waals surface area (Å²) >= 11 is 1.47. The Hall–Kier alpha value is -1.86. The Morgan fingerprint density at radius 1 is 1.38 bits per heavy atom. The number of H-pyrrole nitrogens is 1. The molecule has 138 valence electrons. The fourth-order valence-electron chi connectivity index (χ4n) is 3.75. The summed E-state index contributed by atoms with van der Waals surface area (Å²) < 4.78 is 6.15. The Labute approximate surface area is 157 Å². The minimum absolute atomic E-state index is 0.0161. The molecule has 2 aromatic rings. The fraction of sp³-hybridized carbons (Fsp3) is 0.526. The summed E-state index contributed by atoms with van der Waals surface area (Å²) in [6.07, 6.45) is 9.52. The molecule has 1 aliphatic carbocycles. The molecule has 0 bridgehead atoms. The van der Waals surface area contributed by atoms with Crippen LogP contribution in [0.3, 0.4) is 0 Å². The summed E-state index contributed by atoms with van der Waals surface area (Å²) in [4.78, 5) is 26.5. The zero-order valence-corrected chi connectivity index (χ0v) is 15.8. The van der Waals surface area contributed by atoms with Gasteiger partial charge in [-0.3, -0.25) is 9.69 Å². The third-order valence-electron chi connectivity index (χ3n) is 5.14. The van der Waals surface area contributed by atoms with Crippen LogP contribution in [0.5, 0.6) is 5.88 Å². The number of aromatic nitrogens is 3. The number of aromatic amines is 1. The van der Waals surface area contributed by atoms with Crippen molar-refractivity contribution < 1.29 is 4.74 Å². The van der Waals surface area contributed by atoms with E-state index in [0.717, 1.165) is 55.1 Å². The number of hydrogen-bond donors (Lipinski definition) is 1. The van der Waals surface area contributed by atoms with Crippen LogP contribution in [0.4, 0.5) is 0 Å². The van der Waals surface area contributed by atoms with E-state index in [2.05, 4.69) is 25.9 Å². The van der Waals surface area contributed by atoms with Crippen LogP contribution in [-0.4, -0.2) is 38.8 Å². The Morgan fingerprint density at radius 3 is 3.04 bits per heavy atom. The second-order valence-corrected chi connectivity index (χ2v) is 7.75. The summed E-state index contributed by atoms with van der Waals surface area (Å²) in [5.41, 5.74) is 2.80. The SMILES string of the molecule is CSc1nc2c(c(=O)[nH]1)CN(Cc1cccnc1OC1CCCC1)CC2. The molecule has 2 aromatic heterocycles. The van der Waals surface area contributed by atoms with Gasteiger partial charge in [0, 0.05) is 37.8 Å². The van der Waals surface area contributed by atoms with Crippen LogP contribution >= 0.6 is 11.8 Å². The fourth-order valence-corrected chi connectivity index (χ4v) is 4.14. The van der Waals surface area contributed by atoms with Crippen LogP contribution < -0.4 is 10.3 Å². The monoisotopic (exact) mass is 372 g/mol. The molecule has 1 fully saturated rings. The van der Waals surface area contributed by atoms with Gasteiger partial charge in [-0.15, -0.1) is 0 Å². The zero-order valence-electron chi connectivity index (χ0n) is 15.0. The molecule has 0 saturated heterocycles. The van der Waals surface area contributed by atoms with Crippen molar-refractivity contribution in [2.24, 2.45) is 0 Å². The average molecular weight is 372 g/mol. The molecule has 4 rings (SSSR count). The average Bonchev–Trinajstić information content (AvgIpc) is 3.17. The quantitative estimate of drug-likeness (QED) is 0.643. The maximum atomic E-state index is 12.4. The first-order valence-corrected chi connectivity index (χ1v) is 10.4. The highest BCUT2D eigenvalue weighted by Crippen LogP contribution is 2.26. The predicted molar refractivity (Wildman–Crippen MR) is 102 cm³/mol. The summed E-state index contributed by atoms with van der Waals surface area (Å²) in [5.74, 6) is 0.745. The van der Waals surface area contributed by atoms with Crippen LogP contribution in [0.25, 0.3) is 0 Å². The van der Waals surface area contributed by atoms with E-state index in [0.29, 0.717) is 17.8 Å². The first kappa shape index (κ1) is 17.5.